The third kappa shape index (κ3) is 2.82. The smallest absolute Gasteiger partial charge is 0.211 e. The molecule has 23 heavy (non-hydrogen) atoms. The van der Waals surface area contributed by atoms with Crippen LogP contribution in [0, 0.1) is 3.95 Å². The molecule has 0 aliphatic carbocycles. The topological polar surface area (TPSA) is 90.0 Å². The lowest BCUT2D eigenvalue weighted by molar-refractivity contribution is -0.310. The minimum Gasteiger partial charge on any atom is -0.548 e. The zero-order valence-electron chi connectivity index (χ0n) is 12.1. The van der Waals surface area contributed by atoms with Gasteiger partial charge in [-0.1, -0.05) is 19.1 Å². The monoisotopic (exact) mass is 346 g/mol. The summed E-state index contributed by atoms with van der Waals surface area (Å²) in [5, 5.41) is 23.0. The Bertz CT molecular complexity index is 951. The van der Waals surface area contributed by atoms with Crippen LogP contribution in [0.1, 0.15) is 24.3 Å². The highest BCUT2D eigenvalue weighted by molar-refractivity contribution is 7.73. The van der Waals surface area contributed by atoms with E-state index in [9.17, 15) is 15.0 Å². The van der Waals surface area contributed by atoms with Crippen molar-refractivity contribution in [2.75, 3.05) is 0 Å². The number of aromatic hydroxyl groups is 1. The second-order valence-corrected chi connectivity index (χ2v) is 6.56. The maximum atomic E-state index is 11.2. The van der Waals surface area contributed by atoms with Gasteiger partial charge in [-0.3, -0.25) is 4.57 Å². The molecule has 3 rings (SSSR count). The Kier molecular flexibility index (Phi) is 4.10. The van der Waals surface area contributed by atoms with Gasteiger partial charge >= 0.3 is 0 Å². The van der Waals surface area contributed by atoms with Crippen LogP contribution in [0.15, 0.2) is 40.1 Å². The summed E-state index contributed by atoms with van der Waals surface area (Å²) < 4.78 is 1.46. The first-order valence-electron chi connectivity index (χ1n) is 6.90. The van der Waals surface area contributed by atoms with Crippen molar-refractivity contribution in [2.45, 2.75) is 19.4 Å². The second kappa shape index (κ2) is 6.05. The number of carbonyl (C=O) groups excluding carboxylic acids is 1. The van der Waals surface area contributed by atoms with Gasteiger partial charge in [-0.15, -0.1) is 11.3 Å². The molecule has 1 aliphatic rings. The molecule has 0 unspecified atom stereocenters. The van der Waals surface area contributed by atoms with E-state index in [0.29, 0.717) is 10.7 Å². The van der Waals surface area contributed by atoms with Crippen LogP contribution in [0.3, 0.4) is 0 Å². The van der Waals surface area contributed by atoms with Crippen molar-refractivity contribution >= 4 is 35.6 Å². The van der Waals surface area contributed by atoms with Gasteiger partial charge in [0.15, 0.2) is 9.78 Å². The fraction of sp³-hybridized carbons (Fsp3) is 0.200. The fourth-order valence-corrected chi connectivity index (χ4v) is 3.66. The summed E-state index contributed by atoms with van der Waals surface area (Å²) in [6.45, 7) is 1.69. The second-order valence-electron chi connectivity index (χ2n) is 4.88. The zero-order valence-corrected chi connectivity index (χ0v) is 13.7. The van der Waals surface area contributed by atoms with Crippen molar-refractivity contribution < 1.29 is 15.0 Å². The minimum atomic E-state index is -1.28. The van der Waals surface area contributed by atoms with Crippen LogP contribution in [-0.4, -0.2) is 15.6 Å². The number of nitrogens with zero attached hydrogens (tertiary/aromatic N) is 3. The Morgan fingerprint density at radius 1 is 1.43 bits per heavy atom. The van der Waals surface area contributed by atoms with Crippen molar-refractivity contribution in [1.82, 2.24) is 4.57 Å². The minimum absolute atomic E-state index is 0.204. The average Bonchev–Trinajstić information content (AvgIpc) is 3.03. The summed E-state index contributed by atoms with van der Waals surface area (Å²) in [5.41, 5.74) is 0. The molecule has 0 bridgehead atoms. The van der Waals surface area contributed by atoms with E-state index in [2.05, 4.69) is 9.98 Å². The average molecular weight is 346 g/mol. The largest absolute Gasteiger partial charge is 0.548 e. The first kappa shape index (κ1) is 15.6. The van der Waals surface area contributed by atoms with Gasteiger partial charge in [-0.25, -0.2) is 9.98 Å². The maximum absolute atomic E-state index is 11.2. The molecule has 0 saturated heterocycles. The van der Waals surface area contributed by atoms with Crippen LogP contribution in [0.2, 0.25) is 0 Å². The predicted octanol–water partition coefficient (Wildman–Crippen LogP) is 0.937. The number of benzene rings is 1. The SMILES string of the molecule is CC[C@H](C(=O)[O-])n1c(O)c(C=C2N=c3ccccc3=N2)sc1=S. The molecule has 1 atom stereocenters. The molecule has 6 nitrogen and oxygen atoms in total. The molecule has 0 saturated carbocycles. The van der Waals surface area contributed by atoms with Crippen LogP contribution in [0.4, 0.5) is 0 Å². The molecular formula is C15H12N3O3S2-. The van der Waals surface area contributed by atoms with Gasteiger partial charge in [0.05, 0.1) is 27.6 Å². The third-order valence-electron chi connectivity index (χ3n) is 3.42. The van der Waals surface area contributed by atoms with Crippen LogP contribution < -0.4 is 15.8 Å². The summed E-state index contributed by atoms with van der Waals surface area (Å²) in [6.07, 6.45) is 1.85. The lowest BCUT2D eigenvalue weighted by Crippen LogP contribution is -2.32. The van der Waals surface area contributed by atoms with E-state index in [1.807, 2.05) is 24.3 Å². The van der Waals surface area contributed by atoms with Crippen molar-refractivity contribution in [3.8, 4) is 5.88 Å². The summed E-state index contributed by atoms with van der Waals surface area (Å²) in [7, 11) is 0. The van der Waals surface area contributed by atoms with E-state index >= 15 is 0 Å². The number of aromatic nitrogens is 1. The molecule has 1 aromatic heterocycles. The number of para-hydroxylation sites is 2. The number of fused-ring (bicyclic) bond motifs is 1. The molecule has 1 N–H and O–H groups in total. The molecule has 8 heteroatoms. The van der Waals surface area contributed by atoms with Gasteiger partial charge in [-0.05, 0) is 30.8 Å². The molecular weight excluding hydrogens is 334 g/mol. The highest BCUT2D eigenvalue weighted by atomic mass is 32.1. The molecule has 0 fully saturated rings. The van der Waals surface area contributed by atoms with Crippen LogP contribution in [0.5, 0.6) is 5.88 Å². The van der Waals surface area contributed by atoms with Crippen LogP contribution in [-0.2, 0) is 4.79 Å². The number of rotatable bonds is 4. The Balaban J connectivity index is 2.07. The Morgan fingerprint density at radius 2 is 2.04 bits per heavy atom. The maximum Gasteiger partial charge on any atom is 0.211 e. The van der Waals surface area contributed by atoms with Crippen molar-refractivity contribution in [3.05, 3.63) is 49.6 Å². The number of carboxylic acids is 1. The van der Waals surface area contributed by atoms with E-state index in [1.54, 1.807) is 13.0 Å². The first-order valence-corrected chi connectivity index (χ1v) is 8.13. The quantitative estimate of drug-likeness (QED) is 0.834. The zero-order chi connectivity index (χ0) is 16.6. The van der Waals surface area contributed by atoms with E-state index in [0.717, 1.165) is 22.1 Å². The van der Waals surface area contributed by atoms with Gasteiger partial charge in [0.25, 0.3) is 0 Å². The van der Waals surface area contributed by atoms with Crippen LogP contribution in [0.25, 0.3) is 6.08 Å². The summed E-state index contributed by atoms with van der Waals surface area (Å²) >= 11 is 6.28. The van der Waals surface area contributed by atoms with Gasteiger partial charge < -0.3 is 15.0 Å². The molecule has 0 radical (unpaired) electrons. The van der Waals surface area contributed by atoms with Crippen molar-refractivity contribution in [3.63, 3.8) is 0 Å². The number of hydrogen-bond acceptors (Lipinski definition) is 7. The van der Waals surface area contributed by atoms with E-state index in [-0.39, 0.29) is 16.3 Å². The lowest BCUT2D eigenvalue weighted by atomic mass is 10.2. The first-order chi connectivity index (χ1) is 11.0. The molecule has 118 valence electrons. The third-order valence-corrected chi connectivity index (χ3v) is 4.76. The van der Waals surface area contributed by atoms with Gasteiger partial charge in [0.2, 0.25) is 5.88 Å². The number of carboxylic acid groups (broad SMARTS) is 1. The Labute approximate surface area is 140 Å². The Hall–Kier alpha value is -2.32. The fourth-order valence-electron chi connectivity index (χ4n) is 2.32. The molecule has 0 amide bonds. The Morgan fingerprint density at radius 3 is 2.57 bits per heavy atom. The van der Waals surface area contributed by atoms with Crippen molar-refractivity contribution in [2.24, 2.45) is 9.98 Å². The number of carbonyl (C=O) groups is 1. The summed E-state index contributed by atoms with van der Waals surface area (Å²) in [6, 6.07) is 6.42. The predicted molar refractivity (Wildman–Crippen MR) is 85.9 cm³/mol. The van der Waals surface area contributed by atoms with Gasteiger partial charge in [0.1, 0.15) is 0 Å². The number of thiazole rings is 1. The molecule has 1 aliphatic heterocycles. The highest BCUT2D eigenvalue weighted by Gasteiger charge is 2.19. The van der Waals surface area contributed by atoms with Crippen LogP contribution >= 0.6 is 23.6 Å². The molecule has 0 spiro atoms. The van der Waals surface area contributed by atoms with E-state index in [4.69, 9.17) is 12.2 Å². The van der Waals surface area contributed by atoms with E-state index < -0.39 is 12.0 Å². The van der Waals surface area contributed by atoms with Crippen molar-refractivity contribution in [1.29, 1.82) is 0 Å². The van der Waals surface area contributed by atoms with E-state index in [1.165, 1.54) is 4.57 Å². The van der Waals surface area contributed by atoms with Gasteiger partial charge in [0, 0.05) is 6.08 Å². The lowest BCUT2D eigenvalue weighted by Gasteiger charge is -2.18. The summed E-state index contributed by atoms with van der Waals surface area (Å²) in [4.78, 5) is 20.3. The van der Waals surface area contributed by atoms with Gasteiger partial charge in [-0.2, -0.15) is 0 Å². The highest BCUT2D eigenvalue weighted by Crippen LogP contribution is 2.32. The molecule has 2 heterocycles. The molecule has 2 aromatic rings. The number of hydrogen-bond donors (Lipinski definition) is 1. The number of aliphatic carboxylic acids is 1. The standard InChI is InChI=1S/C15H13N3O3S2/c1-2-10(14(20)21)18-13(19)11(23-15(18)22)7-12-16-8-5-3-4-6-9(8)17-12/h3-7,10,19H,2H2,1H3,(H,20,21)/p-1/t10-/m1/s1. The molecule has 1 aromatic carbocycles. The summed E-state index contributed by atoms with van der Waals surface area (Å²) in [5.74, 6) is -1.05. The normalized spacial score (nSPS) is 13.9.